The third-order valence-electron chi connectivity index (χ3n) is 1.39. The molecule has 0 heterocycles. The fraction of sp³-hybridized carbons (Fsp3) is 0.833. The summed E-state index contributed by atoms with van der Waals surface area (Å²) >= 11 is 0. The highest BCUT2D eigenvalue weighted by atomic mass is 16.7. The van der Waals surface area contributed by atoms with Crippen LogP contribution in [-0.4, -0.2) is 22.5 Å². The number of hydrazine groups is 1. The molecule has 0 amide bonds. The molecule has 0 saturated heterocycles. The summed E-state index contributed by atoms with van der Waals surface area (Å²) < 4.78 is 0. The molecule has 0 aliphatic rings. The first-order chi connectivity index (χ1) is 5.45. The van der Waals surface area contributed by atoms with Gasteiger partial charge in [-0.3, -0.25) is 5.41 Å². The van der Waals surface area contributed by atoms with Crippen molar-refractivity contribution in [3.63, 3.8) is 0 Å². The molecular formula is C6H14N4O2. The van der Waals surface area contributed by atoms with Crippen LogP contribution in [0.4, 0.5) is 0 Å². The summed E-state index contributed by atoms with van der Waals surface area (Å²) in [6.07, 6.45) is 0.653. The number of nitrogens with one attached hydrogen (secondary N) is 1. The fourth-order valence-corrected chi connectivity index (χ4v) is 0.671. The van der Waals surface area contributed by atoms with E-state index in [0.717, 1.165) is 0 Å². The van der Waals surface area contributed by atoms with E-state index in [1.807, 2.05) is 13.8 Å². The van der Waals surface area contributed by atoms with Gasteiger partial charge in [0.1, 0.15) is 0 Å². The van der Waals surface area contributed by atoms with Gasteiger partial charge in [0.15, 0.2) is 5.03 Å². The molecule has 0 spiro atoms. The summed E-state index contributed by atoms with van der Waals surface area (Å²) in [5, 5.41) is 17.1. The van der Waals surface area contributed by atoms with Crippen LogP contribution >= 0.6 is 0 Å². The zero-order chi connectivity index (χ0) is 9.72. The number of nitro groups is 1. The van der Waals surface area contributed by atoms with E-state index in [1.54, 1.807) is 0 Å². The zero-order valence-electron chi connectivity index (χ0n) is 7.28. The van der Waals surface area contributed by atoms with Crippen LogP contribution in [0.3, 0.4) is 0 Å². The highest BCUT2D eigenvalue weighted by molar-refractivity contribution is 5.73. The fourth-order valence-electron chi connectivity index (χ4n) is 0.671. The molecule has 0 rings (SSSR count). The predicted octanol–water partition coefficient (Wildman–Crippen LogP) is 0.420. The lowest BCUT2D eigenvalue weighted by atomic mass is 10.1. The smallest absolute Gasteiger partial charge is 0.251 e. The standard InChI is InChI=1S/C6H14N4O2/c1-5(2)3-4-9(6(7)8)10(11)12/h5H,3-4H2,1-2H3,(H3,7,8). The van der Waals surface area contributed by atoms with Crippen molar-refractivity contribution in [1.82, 2.24) is 5.01 Å². The highest BCUT2D eigenvalue weighted by Gasteiger charge is 2.17. The Morgan fingerprint density at radius 2 is 2.25 bits per heavy atom. The predicted molar refractivity (Wildman–Crippen MR) is 45.1 cm³/mol. The average Bonchev–Trinajstić information content (AvgIpc) is 1.84. The first-order valence-corrected chi connectivity index (χ1v) is 3.71. The van der Waals surface area contributed by atoms with E-state index in [0.29, 0.717) is 17.3 Å². The Bertz CT molecular complexity index is 166. The van der Waals surface area contributed by atoms with Gasteiger partial charge in [0, 0.05) is 0 Å². The van der Waals surface area contributed by atoms with Crippen molar-refractivity contribution in [1.29, 1.82) is 5.41 Å². The summed E-state index contributed by atoms with van der Waals surface area (Å²) in [6.45, 7) is 4.11. The summed E-state index contributed by atoms with van der Waals surface area (Å²) in [4.78, 5) is 10.3. The van der Waals surface area contributed by atoms with Gasteiger partial charge in [-0.1, -0.05) is 18.9 Å². The van der Waals surface area contributed by atoms with Gasteiger partial charge in [0.05, 0.1) is 6.54 Å². The number of nitrogens with zero attached hydrogens (tertiary/aromatic N) is 2. The molecule has 0 aliphatic carbocycles. The third kappa shape index (κ3) is 3.75. The molecule has 0 aromatic rings. The van der Waals surface area contributed by atoms with E-state index >= 15 is 0 Å². The van der Waals surface area contributed by atoms with E-state index in [2.05, 4.69) is 0 Å². The van der Waals surface area contributed by atoms with Crippen LogP contribution in [-0.2, 0) is 0 Å². The second-order valence-electron chi connectivity index (χ2n) is 2.93. The van der Waals surface area contributed by atoms with Crippen molar-refractivity contribution in [3.8, 4) is 0 Å². The van der Waals surface area contributed by atoms with Gasteiger partial charge in [0.25, 0.3) is 5.96 Å². The van der Waals surface area contributed by atoms with Gasteiger partial charge in [0.2, 0.25) is 0 Å². The van der Waals surface area contributed by atoms with E-state index in [-0.39, 0.29) is 6.54 Å². The van der Waals surface area contributed by atoms with Gasteiger partial charge in [-0.2, -0.15) is 0 Å². The molecule has 0 aromatic carbocycles. The number of rotatable bonds is 4. The number of nitrogens with two attached hydrogens (primary N) is 1. The minimum absolute atomic E-state index is 0.194. The van der Waals surface area contributed by atoms with Gasteiger partial charge in [-0.05, 0) is 12.3 Å². The summed E-state index contributed by atoms with van der Waals surface area (Å²) in [6, 6.07) is 0. The number of guanidine groups is 1. The van der Waals surface area contributed by atoms with Gasteiger partial charge >= 0.3 is 0 Å². The van der Waals surface area contributed by atoms with Crippen molar-refractivity contribution < 1.29 is 5.03 Å². The Morgan fingerprint density at radius 3 is 2.50 bits per heavy atom. The zero-order valence-corrected chi connectivity index (χ0v) is 7.28. The van der Waals surface area contributed by atoms with Crippen LogP contribution in [0, 0.1) is 21.4 Å². The van der Waals surface area contributed by atoms with Gasteiger partial charge in [-0.25, -0.2) is 10.1 Å². The Morgan fingerprint density at radius 1 is 1.75 bits per heavy atom. The quantitative estimate of drug-likeness (QED) is 0.279. The van der Waals surface area contributed by atoms with E-state index in [4.69, 9.17) is 11.1 Å². The minimum Gasteiger partial charge on any atom is -0.365 e. The monoisotopic (exact) mass is 174 g/mol. The second kappa shape index (κ2) is 4.53. The molecular weight excluding hydrogens is 160 g/mol. The normalized spacial score (nSPS) is 9.92. The summed E-state index contributed by atoms with van der Waals surface area (Å²) in [7, 11) is 0. The minimum atomic E-state index is -0.662. The second-order valence-corrected chi connectivity index (χ2v) is 2.93. The van der Waals surface area contributed by atoms with Crippen molar-refractivity contribution in [2.75, 3.05) is 6.54 Å². The molecule has 0 atom stereocenters. The van der Waals surface area contributed by atoms with E-state index in [9.17, 15) is 10.1 Å². The van der Waals surface area contributed by atoms with Crippen LogP contribution in [0.2, 0.25) is 0 Å². The SMILES string of the molecule is CC(C)CCN(C(=N)N)[N+](=O)[O-]. The van der Waals surface area contributed by atoms with Gasteiger partial charge < -0.3 is 5.73 Å². The Labute approximate surface area is 71.0 Å². The Kier molecular flexibility index (Phi) is 4.03. The maximum absolute atomic E-state index is 10.3. The number of hydrogen-bond acceptors (Lipinski definition) is 3. The lowest BCUT2D eigenvalue weighted by molar-refractivity contribution is -0.630. The highest BCUT2D eigenvalue weighted by Crippen LogP contribution is 2.01. The summed E-state index contributed by atoms with van der Waals surface area (Å²) in [5.41, 5.74) is 4.99. The lowest BCUT2D eigenvalue weighted by Crippen LogP contribution is -2.41. The first-order valence-electron chi connectivity index (χ1n) is 3.71. The van der Waals surface area contributed by atoms with Crippen molar-refractivity contribution in [2.24, 2.45) is 11.7 Å². The van der Waals surface area contributed by atoms with Crippen molar-refractivity contribution in [3.05, 3.63) is 10.1 Å². The molecule has 0 unspecified atom stereocenters. The molecule has 6 nitrogen and oxygen atoms in total. The molecule has 0 aliphatic heterocycles. The molecule has 6 heteroatoms. The van der Waals surface area contributed by atoms with Crippen LogP contribution in [0.5, 0.6) is 0 Å². The largest absolute Gasteiger partial charge is 0.365 e. The Hall–Kier alpha value is -1.33. The molecule has 0 aromatic heterocycles. The first kappa shape index (κ1) is 10.7. The third-order valence-corrected chi connectivity index (χ3v) is 1.39. The molecule has 70 valence electrons. The van der Waals surface area contributed by atoms with Crippen LogP contribution in [0.15, 0.2) is 0 Å². The molecule has 12 heavy (non-hydrogen) atoms. The maximum atomic E-state index is 10.3. The van der Waals surface area contributed by atoms with Gasteiger partial charge in [-0.15, -0.1) is 0 Å². The van der Waals surface area contributed by atoms with Crippen LogP contribution in [0.25, 0.3) is 0 Å². The average molecular weight is 174 g/mol. The molecule has 0 saturated carbocycles. The maximum Gasteiger partial charge on any atom is 0.251 e. The van der Waals surface area contributed by atoms with Crippen molar-refractivity contribution in [2.45, 2.75) is 20.3 Å². The molecule has 0 radical (unpaired) electrons. The van der Waals surface area contributed by atoms with Crippen LogP contribution < -0.4 is 5.73 Å². The topological polar surface area (TPSA) is 96.2 Å². The van der Waals surface area contributed by atoms with Crippen LogP contribution in [0.1, 0.15) is 20.3 Å². The molecule has 0 bridgehead atoms. The molecule has 3 N–H and O–H groups in total. The molecule has 0 fully saturated rings. The van der Waals surface area contributed by atoms with E-state index in [1.165, 1.54) is 0 Å². The van der Waals surface area contributed by atoms with E-state index < -0.39 is 11.0 Å². The summed E-state index contributed by atoms with van der Waals surface area (Å²) in [5.74, 6) is -0.146. The lowest BCUT2D eigenvalue weighted by Gasteiger charge is -2.12. The number of hydrogen-bond donors (Lipinski definition) is 2. The van der Waals surface area contributed by atoms with Crippen molar-refractivity contribution >= 4 is 5.96 Å². The Balaban J connectivity index is 3.97.